The third-order valence-corrected chi connectivity index (χ3v) is 5.64. The second kappa shape index (κ2) is 7.03. The maximum atomic E-state index is 13.0. The number of carbonyl (C=O) groups excluding carboxylic acids is 2. The van der Waals surface area contributed by atoms with E-state index in [2.05, 4.69) is 22.8 Å². The highest BCUT2D eigenvalue weighted by Gasteiger charge is 2.51. The highest BCUT2D eigenvalue weighted by Crippen LogP contribution is 2.48. The molecule has 4 nitrogen and oxygen atoms in total. The topological polar surface area (TPSA) is 58.2 Å². The van der Waals surface area contributed by atoms with Gasteiger partial charge in [-0.25, -0.2) is 0 Å². The highest BCUT2D eigenvalue weighted by molar-refractivity contribution is 6.01. The van der Waals surface area contributed by atoms with Crippen molar-refractivity contribution < 1.29 is 9.59 Å². The zero-order valence-corrected chi connectivity index (χ0v) is 15.6. The molecule has 0 aliphatic heterocycles. The van der Waals surface area contributed by atoms with Gasteiger partial charge < -0.3 is 10.6 Å². The number of anilines is 2. The summed E-state index contributed by atoms with van der Waals surface area (Å²) >= 11 is 0. The van der Waals surface area contributed by atoms with E-state index in [0.29, 0.717) is 0 Å². The Labute approximate surface area is 159 Å². The number of rotatable bonds is 4. The molecule has 0 aromatic heterocycles. The van der Waals surface area contributed by atoms with Gasteiger partial charge in [0.05, 0.1) is 11.8 Å². The first-order chi connectivity index (χ1) is 13.0. The van der Waals surface area contributed by atoms with Gasteiger partial charge in [0.25, 0.3) is 0 Å². The Hall–Kier alpha value is -2.88. The molecule has 2 bridgehead atoms. The van der Waals surface area contributed by atoms with Crippen LogP contribution in [0.4, 0.5) is 11.4 Å². The van der Waals surface area contributed by atoms with Gasteiger partial charge in [-0.1, -0.05) is 36.4 Å². The second-order valence-electron chi connectivity index (χ2n) is 7.72. The summed E-state index contributed by atoms with van der Waals surface area (Å²) in [5.41, 5.74) is 3.75. The van der Waals surface area contributed by atoms with Crippen molar-refractivity contribution in [1.82, 2.24) is 0 Å². The Bertz CT molecular complexity index is 845. The fourth-order valence-electron chi connectivity index (χ4n) is 4.43. The molecule has 0 unspecified atom stereocenters. The number of amides is 2. The van der Waals surface area contributed by atoms with Crippen LogP contribution in [0.15, 0.2) is 60.7 Å². The minimum atomic E-state index is -0.328. The quantitative estimate of drug-likeness (QED) is 0.798. The zero-order valence-electron chi connectivity index (χ0n) is 15.6. The van der Waals surface area contributed by atoms with Gasteiger partial charge in [-0.15, -0.1) is 0 Å². The molecule has 138 valence electrons. The predicted octanol–water partition coefficient (Wildman–Crippen LogP) is 4.32. The van der Waals surface area contributed by atoms with Crippen molar-refractivity contribution in [2.75, 3.05) is 10.6 Å². The molecule has 4 heteroatoms. The SMILES string of the molecule is Cc1cccc(NC(=O)[C@H]2[C@H](C(=O)Nc3cccc(C)c3)[C@H]3C=C[C@H]2C3)c1. The average molecular weight is 360 g/mol. The molecule has 4 rings (SSSR count). The molecular formula is C23H24N2O2. The molecule has 0 saturated heterocycles. The minimum absolute atomic E-state index is 0.0677. The highest BCUT2D eigenvalue weighted by atomic mass is 16.2. The molecule has 0 spiro atoms. The lowest BCUT2D eigenvalue weighted by atomic mass is 9.81. The maximum absolute atomic E-state index is 13.0. The van der Waals surface area contributed by atoms with Gasteiger partial charge in [0, 0.05) is 11.4 Å². The van der Waals surface area contributed by atoms with Gasteiger partial charge in [-0.3, -0.25) is 9.59 Å². The van der Waals surface area contributed by atoms with Crippen LogP contribution in [0.3, 0.4) is 0 Å². The van der Waals surface area contributed by atoms with E-state index < -0.39 is 0 Å². The predicted molar refractivity (Wildman–Crippen MR) is 107 cm³/mol. The van der Waals surface area contributed by atoms with Crippen molar-refractivity contribution in [3.8, 4) is 0 Å². The van der Waals surface area contributed by atoms with Gasteiger partial charge in [0.2, 0.25) is 11.8 Å². The van der Waals surface area contributed by atoms with Crippen molar-refractivity contribution >= 4 is 23.2 Å². The number of carbonyl (C=O) groups is 2. The number of hydrogen-bond acceptors (Lipinski definition) is 2. The summed E-state index contributed by atoms with van der Waals surface area (Å²) in [7, 11) is 0. The van der Waals surface area contributed by atoms with Crippen molar-refractivity contribution in [2.24, 2.45) is 23.7 Å². The molecule has 27 heavy (non-hydrogen) atoms. The van der Waals surface area contributed by atoms with Gasteiger partial charge in [0.15, 0.2) is 0 Å². The standard InChI is InChI=1S/C23H24N2O2/c1-14-5-3-7-18(11-14)24-22(26)20-16-9-10-17(13-16)21(20)23(27)25-19-8-4-6-15(2)12-19/h3-12,16-17,20-21H,13H2,1-2H3,(H,24,26)(H,25,27)/t16-,17-,20+,21+/m0/s1. The molecule has 2 aromatic rings. The largest absolute Gasteiger partial charge is 0.326 e. The zero-order chi connectivity index (χ0) is 19.0. The van der Waals surface area contributed by atoms with Crippen LogP contribution < -0.4 is 10.6 Å². The molecule has 0 heterocycles. The first kappa shape index (κ1) is 17.5. The smallest absolute Gasteiger partial charge is 0.228 e. The molecule has 2 aromatic carbocycles. The summed E-state index contributed by atoms with van der Waals surface area (Å²) < 4.78 is 0. The fraction of sp³-hybridized carbons (Fsp3) is 0.304. The van der Waals surface area contributed by atoms with E-state index in [-0.39, 0.29) is 35.5 Å². The number of allylic oxidation sites excluding steroid dienone is 2. The Morgan fingerprint density at radius 1 is 0.778 bits per heavy atom. The molecule has 2 N–H and O–H groups in total. The maximum Gasteiger partial charge on any atom is 0.228 e. The van der Waals surface area contributed by atoms with E-state index in [1.54, 1.807) is 0 Å². The van der Waals surface area contributed by atoms with Crippen LogP contribution in [0.2, 0.25) is 0 Å². The summed E-state index contributed by atoms with van der Waals surface area (Å²) in [6.07, 6.45) is 5.07. The van der Waals surface area contributed by atoms with E-state index in [9.17, 15) is 9.59 Å². The van der Waals surface area contributed by atoms with Crippen LogP contribution >= 0.6 is 0 Å². The summed E-state index contributed by atoms with van der Waals surface area (Å²) in [5, 5.41) is 6.03. The van der Waals surface area contributed by atoms with Gasteiger partial charge in [-0.05, 0) is 67.5 Å². The summed E-state index contributed by atoms with van der Waals surface area (Å²) in [5.74, 6) is -0.527. The monoisotopic (exact) mass is 360 g/mol. The molecular weight excluding hydrogens is 336 g/mol. The molecule has 2 aliphatic rings. The minimum Gasteiger partial charge on any atom is -0.326 e. The Morgan fingerprint density at radius 2 is 1.22 bits per heavy atom. The number of benzene rings is 2. The lowest BCUT2D eigenvalue weighted by Gasteiger charge is -2.26. The van der Waals surface area contributed by atoms with Gasteiger partial charge >= 0.3 is 0 Å². The van der Waals surface area contributed by atoms with E-state index in [1.807, 2.05) is 62.4 Å². The summed E-state index contributed by atoms with van der Waals surface area (Å²) in [6.45, 7) is 3.99. The van der Waals surface area contributed by atoms with Crippen LogP contribution in [-0.2, 0) is 9.59 Å². The van der Waals surface area contributed by atoms with E-state index in [4.69, 9.17) is 0 Å². The number of nitrogens with one attached hydrogen (secondary N) is 2. The average Bonchev–Trinajstić information content (AvgIpc) is 3.23. The Kier molecular flexibility index (Phi) is 4.56. The van der Waals surface area contributed by atoms with Crippen LogP contribution in [0, 0.1) is 37.5 Å². The number of hydrogen-bond donors (Lipinski definition) is 2. The summed E-state index contributed by atoms with van der Waals surface area (Å²) in [4.78, 5) is 26.0. The lowest BCUT2D eigenvalue weighted by Crippen LogP contribution is -2.39. The fourth-order valence-corrected chi connectivity index (χ4v) is 4.43. The molecule has 1 saturated carbocycles. The van der Waals surface area contributed by atoms with Gasteiger partial charge in [0.1, 0.15) is 0 Å². The number of aryl methyl sites for hydroxylation is 2. The Balaban J connectivity index is 1.53. The second-order valence-corrected chi connectivity index (χ2v) is 7.72. The van der Waals surface area contributed by atoms with E-state index in [1.165, 1.54) is 0 Å². The molecule has 2 amide bonds. The van der Waals surface area contributed by atoms with Crippen molar-refractivity contribution in [3.63, 3.8) is 0 Å². The molecule has 0 radical (unpaired) electrons. The number of fused-ring (bicyclic) bond motifs is 2. The first-order valence-corrected chi connectivity index (χ1v) is 9.44. The third kappa shape index (κ3) is 3.52. The van der Waals surface area contributed by atoms with E-state index in [0.717, 1.165) is 28.9 Å². The van der Waals surface area contributed by atoms with Crippen LogP contribution in [0.25, 0.3) is 0 Å². The van der Waals surface area contributed by atoms with Crippen LogP contribution in [0.5, 0.6) is 0 Å². The van der Waals surface area contributed by atoms with E-state index >= 15 is 0 Å². The van der Waals surface area contributed by atoms with Gasteiger partial charge in [-0.2, -0.15) is 0 Å². The normalized spacial score (nSPS) is 25.4. The lowest BCUT2D eigenvalue weighted by molar-refractivity contribution is -0.129. The first-order valence-electron chi connectivity index (χ1n) is 9.44. The Morgan fingerprint density at radius 3 is 1.63 bits per heavy atom. The molecule has 4 atom stereocenters. The third-order valence-electron chi connectivity index (χ3n) is 5.64. The van der Waals surface area contributed by atoms with Crippen molar-refractivity contribution in [3.05, 3.63) is 71.8 Å². The van der Waals surface area contributed by atoms with Crippen molar-refractivity contribution in [1.29, 1.82) is 0 Å². The summed E-state index contributed by atoms with van der Waals surface area (Å²) in [6, 6.07) is 15.5. The van der Waals surface area contributed by atoms with Crippen LogP contribution in [-0.4, -0.2) is 11.8 Å². The molecule has 2 aliphatic carbocycles. The van der Waals surface area contributed by atoms with Crippen molar-refractivity contribution in [2.45, 2.75) is 20.3 Å². The molecule has 1 fully saturated rings. The van der Waals surface area contributed by atoms with Crippen LogP contribution in [0.1, 0.15) is 17.5 Å².